The molecule has 1 amide bonds. The Balaban J connectivity index is 1.62. The van der Waals surface area contributed by atoms with E-state index < -0.39 is 5.69 Å². The number of carbonyl (C=O) groups is 1. The van der Waals surface area contributed by atoms with Crippen LogP contribution in [0.25, 0.3) is 10.9 Å². The first kappa shape index (κ1) is 21.3. The van der Waals surface area contributed by atoms with E-state index in [-0.39, 0.29) is 24.6 Å². The van der Waals surface area contributed by atoms with Crippen molar-refractivity contribution in [1.29, 1.82) is 0 Å². The van der Waals surface area contributed by atoms with Gasteiger partial charge in [0.2, 0.25) is 0 Å². The van der Waals surface area contributed by atoms with Gasteiger partial charge in [0.1, 0.15) is 0 Å². The molecule has 1 aromatic heterocycles. The quantitative estimate of drug-likeness (QED) is 0.650. The lowest BCUT2D eigenvalue weighted by atomic mass is 10.0. The van der Waals surface area contributed by atoms with Crippen LogP contribution in [0.5, 0.6) is 0 Å². The van der Waals surface area contributed by atoms with Crippen LogP contribution >= 0.6 is 0 Å². The number of nitrogens with one attached hydrogen (secondary N) is 2. The summed E-state index contributed by atoms with van der Waals surface area (Å²) in [5.74, 6) is -0.206. The zero-order chi connectivity index (χ0) is 20.8. The van der Waals surface area contributed by atoms with Gasteiger partial charge in [-0.15, -0.1) is 0 Å². The van der Waals surface area contributed by atoms with Gasteiger partial charge in [-0.1, -0.05) is 6.42 Å². The molecule has 2 N–H and O–H groups in total. The number of rotatable bonds is 8. The van der Waals surface area contributed by atoms with Crippen LogP contribution in [-0.4, -0.2) is 59.8 Å². The van der Waals surface area contributed by atoms with Gasteiger partial charge in [0, 0.05) is 31.8 Å². The molecule has 8 heteroatoms. The van der Waals surface area contributed by atoms with Gasteiger partial charge in [0.05, 0.1) is 24.1 Å². The molecule has 1 fully saturated rings. The molecule has 158 valence electrons. The average Bonchev–Trinajstić information content (AvgIpc) is 2.71. The maximum absolute atomic E-state index is 12.5. The minimum Gasteiger partial charge on any atom is -0.383 e. The zero-order valence-corrected chi connectivity index (χ0v) is 17.2. The maximum atomic E-state index is 12.5. The van der Waals surface area contributed by atoms with Gasteiger partial charge >= 0.3 is 5.69 Å². The molecule has 0 aliphatic carbocycles. The summed E-state index contributed by atoms with van der Waals surface area (Å²) < 4.78 is 6.05. The Morgan fingerprint density at radius 1 is 1.28 bits per heavy atom. The molecule has 0 bridgehead atoms. The molecular formula is C21H30N4O4. The summed E-state index contributed by atoms with van der Waals surface area (Å²) in [6, 6.07) is 5.37. The Labute approximate surface area is 169 Å². The highest BCUT2D eigenvalue weighted by Crippen LogP contribution is 2.16. The SMILES string of the molecule is COCCn1c(=O)[nH]c2cc(C(=O)NCCCN3CCCC[C@H]3C)ccc2c1=O. The molecule has 1 saturated heterocycles. The summed E-state index contributed by atoms with van der Waals surface area (Å²) in [5.41, 5.74) is -0.104. The van der Waals surface area contributed by atoms with Crippen molar-refractivity contribution in [3.8, 4) is 0 Å². The highest BCUT2D eigenvalue weighted by atomic mass is 16.5. The molecule has 2 aromatic rings. The molecule has 0 unspecified atom stereocenters. The summed E-state index contributed by atoms with van der Waals surface area (Å²) in [6.07, 6.45) is 4.69. The maximum Gasteiger partial charge on any atom is 0.328 e. The molecule has 2 heterocycles. The summed E-state index contributed by atoms with van der Waals surface area (Å²) in [6.45, 7) is 5.41. The van der Waals surface area contributed by atoms with E-state index in [1.54, 1.807) is 18.2 Å². The number of hydrogen-bond donors (Lipinski definition) is 2. The van der Waals surface area contributed by atoms with Crippen LogP contribution in [0.4, 0.5) is 0 Å². The smallest absolute Gasteiger partial charge is 0.328 e. The van der Waals surface area contributed by atoms with E-state index >= 15 is 0 Å². The second-order valence-corrected chi connectivity index (χ2v) is 7.63. The average molecular weight is 402 g/mol. The van der Waals surface area contributed by atoms with Crippen molar-refractivity contribution in [2.75, 3.05) is 33.4 Å². The van der Waals surface area contributed by atoms with E-state index in [2.05, 4.69) is 22.1 Å². The molecule has 3 rings (SSSR count). The van der Waals surface area contributed by atoms with E-state index in [1.807, 2.05) is 0 Å². The number of H-pyrrole nitrogens is 1. The van der Waals surface area contributed by atoms with Gasteiger partial charge < -0.3 is 19.9 Å². The number of aromatic amines is 1. The Hall–Kier alpha value is -2.45. The van der Waals surface area contributed by atoms with Crippen LogP contribution in [-0.2, 0) is 11.3 Å². The van der Waals surface area contributed by atoms with Gasteiger partial charge in [0.15, 0.2) is 0 Å². The standard InChI is InChI=1S/C21H30N4O4/c1-15-6-3-4-10-24(15)11-5-9-22-19(26)16-7-8-17-18(14-16)23-21(28)25(20(17)27)12-13-29-2/h7-8,14-15H,3-6,9-13H2,1-2H3,(H,22,26)(H,23,28)/t15-/m1/s1. The number of amides is 1. The van der Waals surface area contributed by atoms with Crippen molar-refractivity contribution < 1.29 is 9.53 Å². The number of carbonyl (C=O) groups excluding carboxylic acids is 1. The van der Waals surface area contributed by atoms with Gasteiger partial charge in [-0.3, -0.25) is 14.2 Å². The molecule has 1 aliphatic heterocycles. The fourth-order valence-corrected chi connectivity index (χ4v) is 3.86. The minimum atomic E-state index is -0.507. The molecule has 8 nitrogen and oxygen atoms in total. The Morgan fingerprint density at radius 3 is 2.86 bits per heavy atom. The molecule has 29 heavy (non-hydrogen) atoms. The number of ether oxygens (including phenoxy) is 1. The van der Waals surface area contributed by atoms with Crippen LogP contribution in [0.1, 0.15) is 43.0 Å². The van der Waals surface area contributed by atoms with Crippen molar-refractivity contribution >= 4 is 16.8 Å². The summed E-state index contributed by atoms with van der Waals surface area (Å²) in [5, 5.41) is 3.30. The third-order valence-electron chi connectivity index (χ3n) is 5.61. The molecule has 1 aliphatic rings. The normalized spacial score (nSPS) is 17.5. The van der Waals surface area contributed by atoms with Crippen molar-refractivity contribution in [1.82, 2.24) is 19.8 Å². The summed E-state index contributed by atoms with van der Waals surface area (Å²) >= 11 is 0. The van der Waals surface area contributed by atoms with Crippen molar-refractivity contribution in [2.24, 2.45) is 0 Å². The lowest BCUT2D eigenvalue weighted by Gasteiger charge is -2.33. The molecule has 1 aromatic carbocycles. The number of hydrogen-bond acceptors (Lipinski definition) is 5. The topological polar surface area (TPSA) is 96.4 Å². The monoisotopic (exact) mass is 402 g/mol. The second-order valence-electron chi connectivity index (χ2n) is 7.63. The number of methoxy groups -OCH3 is 1. The van der Waals surface area contributed by atoms with Crippen molar-refractivity contribution in [3.63, 3.8) is 0 Å². The summed E-state index contributed by atoms with van der Waals surface area (Å²) in [4.78, 5) is 42.3. The zero-order valence-electron chi connectivity index (χ0n) is 17.2. The van der Waals surface area contributed by atoms with Crippen molar-refractivity contribution in [3.05, 3.63) is 44.6 Å². The van der Waals surface area contributed by atoms with E-state index in [0.29, 0.717) is 29.1 Å². The number of aromatic nitrogens is 2. The number of fused-ring (bicyclic) bond motifs is 1. The van der Waals surface area contributed by atoms with E-state index in [9.17, 15) is 14.4 Å². The molecule has 0 spiro atoms. The molecule has 0 saturated carbocycles. The second kappa shape index (κ2) is 9.84. The van der Waals surface area contributed by atoms with E-state index in [1.165, 1.54) is 26.4 Å². The third kappa shape index (κ3) is 5.13. The van der Waals surface area contributed by atoms with E-state index in [0.717, 1.165) is 24.1 Å². The number of benzene rings is 1. The number of nitrogens with zero attached hydrogens (tertiary/aromatic N) is 2. The van der Waals surface area contributed by atoms with E-state index in [4.69, 9.17) is 4.74 Å². The first-order valence-electron chi connectivity index (χ1n) is 10.3. The predicted octanol–water partition coefficient (Wildman–Crippen LogP) is 1.33. The predicted molar refractivity (Wildman–Crippen MR) is 113 cm³/mol. The minimum absolute atomic E-state index is 0.179. The van der Waals surface area contributed by atoms with Gasteiger partial charge in [-0.25, -0.2) is 4.79 Å². The largest absolute Gasteiger partial charge is 0.383 e. The summed E-state index contributed by atoms with van der Waals surface area (Å²) in [7, 11) is 1.51. The Morgan fingerprint density at radius 2 is 2.10 bits per heavy atom. The Kier molecular flexibility index (Phi) is 7.22. The first-order valence-corrected chi connectivity index (χ1v) is 10.3. The van der Waals surface area contributed by atoms with Gasteiger partial charge in [0.25, 0.3) is 11.5 Å². The van der Waals surface area contributed by atoms with Crippen LogP contribution in [0.3, 0.4) is 0 Å². The van der Waals surface area contributed by atoms with Gasteiger partial charge in [-0.2, -0.15) is 0 Å². The van der Waals surface area contributed by atoms with Crippen LogP contribution in [0.2, 0.25) is 0 Å². The van der Waals surface area contributed by atoms with Crippen LogP contribution in [0.15, 0.2) is 27.8 Å². The van der Waals surface area contributed by atoms with Gasteiger partial charge in [-0.05, 0) is 50.9 Å². The van der Waals surface area contributed by atoms with Crippen LogP contribution in [0, 0.1) is 0 Å². The molecule has 0 radical (unpaired) electrons. The van der Waals surface area contributed by atoms with Crippen molar-refractivity contribution in [2.45, 2.75) is 45.2 Å². The fourth-order valence-electron chi connectivity index (χ4n) is 3.86. The number of likely N-dealkylation sites (tertiary alicyclic amines) is 1. The molecule has 1 atom stereocenters. The highest BCUT2D eigenvalue weighted by molar-refractivity contribution is 5.97. The Bertz CT molecular complexity index is 965. The lowest BCUT2D eigenvalue weighted by molar-refractivity contribution is 0.0949. The first-order chi connectivity index (χ1) is 14.0. The molecular weight excluding hydrogens is 372 g/mol. The fraction of sp³-hybridized carbons (Fsp3) is 0.571. The highest BCUT2D eigenvalue weighted by Gasteiger charge is 2.17. The number of piperidine rings is 1. The lowest BCUT2D eigenvalue weighted by Crippen LogP contribution is -2.39. The van der Waals surface area contributed by atoms with Crippen LogP contribution < -0.4 is 16.6 Å². The third-order valence-corrected chi connectivity index (χ3v) is 5.61.